The van der Waals surface area contributed by atoms with E-state index in [1.807, 2.05) is 23.1 Å². The van der Waals surface area contributed by atoms with Crippen molar-refractivity contribution < 1.29 is 18.7 Å². The minimum absolute atomic E-state index is 0.0617. The van der Waals surface area contributed by atoms with E-state index in [4.69, 9.17) is 9.15 Å². The summed E-state index contributed by atoms with van der Waals surface area (Å²) in [7, 11) is 1.60. The summed E-state index contributed by atoms with van der Waals surface area (Å²) in [4.78, 5) is 39.2. The topological polar surface area (TPSA) is 81.8 Å². The van der Waals surface area contributed by atoms with Crippen molar-refractivity contribution >= 4 is 22.8 Å². The highest BCUT2D eigenvalue weighted by molar-refractivity contribution is 5.98. The number of oxazole rings is 1. The smallest absolute Gasteiger partial charge is 0.419 e. The molecule has 0 saturated carbocycles. The van der Waals surface area contributed by atoms with Crippen LogP contribution < -0.4 is 10.5 Å². The first-order valence-electron chi connectivity index (χ1n) is 10.6. The maximum Gasteiger partial charge on any atom is 0.419 e. The number of piperidine rings is 1. The average Bonchev–Trinajstić information content (AvgIpc) is 3.13. The van der Waals surface area contributed by atoms with Crippen LogP contribution in [-0.2, 0) is 11.3 Å². The van der Waals surface area contributed by atoms with Crippen LogP contribution in [0.5, 0.6) is 5.75 Å². The number of ketones is 1. The number of likely N-dealkylation sites (tertiary alicyclic amines) is 1. The zero-order valence-corrected chi connectivity index (χ0v) is 17.6. The first-order chi connectivity index (χ1) is 15.1. The van der Waals surface area contributed by atoms with Crippen molar-refractivity contribution in [2.75, 3.05) is 20.2 Å². The Labute approximate surface area is 180 Å². The quantitative estimate of drug-likeness (QED) is 0.544. The van der Waals surface area contributed by atoms with Gasteiger partial charge in [0.05, 0.1) is 12.6 Å². The Morgan fingerprint density at radius 3 is 2.48 bits per heavy atom. The molecule has 162 valence electrons. The van der Waals surface area contributed by atoms with Gasteiger partial charge in [0.1, 0.15) is 5.75 Å². The predicted molar refractivity (Wildman–Crippen MR) is 116 cm³/mol. The molecule has 1 aromatic heterocycles. The van der Waals surface area contributed by atoms with Crippen LogP contribution in [0.2, 0.25) is 0 Å². The molecule has 2 heterocycles. The van der Waals surface area contributed by atoms with Gasteiger partial charge >= 0.3 is 5.76 Å². The van der Waals surface area contributed by atoms with Gasteiger partial charge < -0.3 is 14.1 Å². The van der Waals surface area contributed by atoms with Crippen LogP contribution in [-0.4, -0.2) is 41.4 Å². The number of carbonyl (C=O) groups excluding carboxylic acids is 2. The van der Waals surface area contributed by atoms with Gasteiger partial charge in [-0.05, 0) is 55.7 Å². The molecule has 7 heteroatoms. The van der Waals surface area contributed by atoms with Gasteiger partial charge in [0.15, 0.2) is 11.4 Å². The predicted octanol–water partition coefficient (Wildman–Crippen LogP) is 3.50. The third-order valence-electron chi connectivity index (χ3n) is 5.94. The summed E-state index contributed by atoms with van der Waals surface area (Å²) in [5.74, 6) is 0.458. The highest BCUT2D eigenvalue weighted by Gasteiger charge is 2.27. The highest BCUT2D eigenvalue weighted by atomic mass is 16.5. The standard InChI is InChI=1S/C24H26N2O5/c1-30-19-10-8-17(9-11-19)23(28)18-12-15-25(16-13-18)22(27)7-4-14-26-20-5-2-3-6-21(20)31-24(26)29/h2-3,5-6,8-11,18H,4,7,12-16H2,1H3. The monoisotopic (exact) mass is 422 g/mol. The van der Waals surface area contributed by atoms with Gasteiger partial charge in [0.25, 0.3) is 0 Å². The van der Waals surface area contributed by atoms with E-state index in [0.29, 0.717) is 56.5 Å². The first-order valence-corrected chi connectivity index (χ1v) is 10.6. The molecule has 0 N–H and O–H groups in total. The number of hydrogen-bond donors (Lipinski definition) is 0. The van der Waals surface area contributed by atoms with Crippen LogP contribution >= 0.6 is 0 Å². The van der Waals surface area contributed by atoms with Crippen molar-refractivity contribution in [3.8, 4) is 5.75 Å². The number of benzene rings is 2. The molecule has 0 radical (unpaired) electrons. The molecule has 1 saturated heterocycles. The summed E-state index contributed by atoms with van der Waals surface area (Å²) < 4.78 is 11.9. The second kappa shape index (κ2) is 9.20. The lowest BCUT2D eigenvalue weighted by molar-refractivity contribution is -0.132. The lowest BCUT2D eigenvalue weighted by atomic mass is 9.88. The largest absolute Gasteiger partial charge is 0.497 e. The van der Waals surface area contributed by atoms with Crippen LogP contribution in [0.4, 0.5) is 0 Å². The molecule has 0 aliphatic carbocycles. The highest BCUT2D eigenvalue weighted by Crippen LogP contribution is 2.24. The lowest BCUT2D eigenvalue weighted by Gasteiger charge is -2.31. The summed E-state index contributed by atoms with van der Waals surface area (Å²) in [5, 5.41) is 0. The van der Waals surface area contributed by atoms with Crippen molar-refractivity contribution in [1.29, 1.82) is 0 Å². The van der Waals surface area contributed by atoms with Crippen LogP contribution in [0.3, 0.4) is 0 Å². The van der Waals surface area contributed by atoms with Gasteiger partial charge in [0.2, 0.25) is 5.91 Å². The number of amides is 1. The van der Waals surface area contributed by atoms with Crippen molar-refractivity contribution in [1.82, 2.24) is 9.47 Å². The van der Waals surface area contributed by atoms with E-state index >= 15 is 0 Å². The van der Waals surface area contributed by atoms with E-state index in [0.717, 1.165) is 11.3 Å². The number of Topliss-reactive ketones (excluding diaryl/α,β-unsaturated/α-hetero) is 1. The molecular formula is C24H26N2O5. The molecule has 7 nitrogen and oxygen atoms in total. The fraction of sp³-hybridized carbons (Fsp3) is 0.375. The third-order valence-corrected chi connectivity index (χ3v) is 5.94. The van der Waals surface area contributed by atoms with E-state index in [9.17, 15) is 14.4 Å². The Bertz CT molecular complexity index is 1120. The zero-order chi connectivity index (χ0) is 21.8. The molecule has 4 rings (SSSR count). The fourth-order valence-electron chi connectivity index (χ4n) is 4.15. The summed E-state index contributed by atoms with van der Waals surface area (Å²) in [6, 6.07) is 14.4. The minimum Gasteiger partial charge on any atom is -0.497 e. The van der Waals surface area contributed by atoms with Gasteiger partial charge in [-0.3, -0.25) is 14.2 Å². The Morgan fingerprint density at radius 1 is 1.06 bits per heavy atom. The Hall–Kier alpha value is -3.35. The zero-order valence-electron chi connectivity index (χ0n) is 17.6. The van der Waals surface area contributed by atoms with Gasteiger partial charge in [-0.15, -0.1) is 0 Å². The van der Waals surface area contributed by atoms with Gasteiger partial charge in [-0.25, -0.2) is 4.79 Å². The second-order valence-corrected chi connectivity index (χ2v) is 7.84. The number of para-hydroxylation sites is 2. The molecule has 3 aromatic rings. The Morgan fingerprint density at radius 2 is 1.77 bits per heavy atom. The SMILES string of the molecule is COc1ccc(C(=O)C2CCN(C(=O)CCCn3c(=O)oc4ccccc43)CC2)cc1. The summed E-state index contributed by atoms with van der Waals surface area (Å²) >= 11 is 0. The molecule has 0 bridgehead atoms. The number of rotatable bonds is 7. The lowest BCUT2D eigenvalue weighted by Crippen LogP contribution is -2.40. The van der Waals surface area contributed by atoms with E-state index in [-0.39, 0.29) is 17.6 Å². The number of hydrogen-bond acceptors (Lipinski definition) is 5. The summed E-state index contributed by atoms with van der Waals surface area (Å²) in [5.41, 5.74) is 1.99. The van der Waals surface area contributed by atoms with Crippen LogP contribution in [0.25, 0.3) is 11.1 Å². The molecular weight excluding hydrogens is 396 g/mol. The molecule has 1 aliphatic rings. The van der Waals surface area contributed by atoms with Crippen molar-refractivity contribution in [3.05, 3.63) is 64.6 Å². The molecule has 0 spiro atoms. The van der Waals surface area contributed by atoms with Crippen molar-refractivity contribution in [2.45, 2.75) is 32.2 Å². The van der Waals surface area contributed by atoms with E-state index < -0.39 is 5.76 Å². The Balaban J connectivity index is 1.26. The number of ether oxygens (including phenoxy) is 1. The molecule has 31 heavy (non-hydrogen) atoms. The first kappa shape index (κ1) is 20.9. The van der Waals surface area contributed by atoms with E-state index in [1.54, 1.807) is 42.0 Å². The number of methoxy groups -OCH3 is 1. The number of aromatic nitrogens is 1. The summed E-state index contributed by atoms with van der Waals surface area (Å²) in [6.45, 7) is 1.61. The number of fused-ring (bicyclic) bond motifs is 1. The molecule has 2 aromatic carbocycles. The molecule has 1 aliphatic heterocycles. The average molecular weight is 422 g/mol. The molecule has 1 amide bonds. The van der Waals surface area contributed by atoms with E-state index in [1.165, 1.54) is 0 Å². The number of nitrogens with zero attached hydrogens (tertiary/aromatic N) is 2. The van der Waals surface area contributed by atoms with Crippen LogP contribution in [0, 0.1) is 5.92 Å². The molecule has 0 atom stereocenters. The van der Waals surface area contributed by atoms with Crippen molar-refractivity contribution in [2.24, 2.45) is 5.92 Å². The molecule has 1 fully saturated rings. The maximum absolute atomic E-state index is 12.7. The van der Waals surface area contributed by atoms with Gasteiger partial charge in [0, 0.05) is 37.5 Å². The van der Waals surface area contributed by atoms with Crippen LogP contribution in [0.1, 0.15) is 36.0 Å². The maximum atomic E-state index is 12.7. The third kappa shape index (κ3) is 4.55. The number of carbonyl (C=O) groups is 2. The Kier molecular flexibility index (Phi) is 6.21. The van der Waals surface area contributed by atoms with E-state index in [2.05, 4.69) is 0 Å². The van der Waals surface area contributed by atoms with Gasteiger partial charge in [-0.1, -0.05) is 12.1 Å². The van der Waals surface area contributed by atoms with Crippen molar-refractivity contribution in [3.63, 3.8) is 0 Å². The minimum atomic E-state index is -0.397. The fourth-order valence-corrected chi connectivity index (χ4v) is 4.15. The molecule has 0 unspecified atom stereocenters. The summed E-state index contributed by atoms with van der Waals surface area (Å²) in [6.07, 6.45) is 2.26. The second-order valence-electron chi connectivity index (χ2n) is 7.84. The number of aryl methyl sites for hydroxylation is 1. The van der Waals surface area contributed by atoms with Crippen LogP contribution in [0.15, 0.2) is 57.7 Å². The van der Waals surface area contributed by atoms with Gasteiger partial charge in [-0.2, -0.15) is 0 Å². The normalized spacial score (nSPS) is 14.7.